The minimum Gasteiger partial charge on any atom is -0.495 e. The Balaban J connectivity index is 1.86. The molecule has 0 bridgehead atoms. The van der Waals surface area contributed by atoms with Crippen LogP contribution in [0.4, 0.5) is 27.5 Å². The van der Waals surface area contributed by atoms with Gasteiger partial charge in [0.05, 0.1) is 36.9 Å². The number of aromatic nitrogens is 2. The predicted molar refractivity (Wildman–Crippen MR) is 140 cm³/mol. The Morgan fingerprint density at radius 2 is 1.89 bits per heavy atom. The van der Waals surface area contributed by atoms with Gasteiger partial charge in [-0.1, -0.05) is 37.6 Å². The van der Waals surface area contributed by atoms with Gasteiger partial charge in [-0.3, -0.25) is 9.63 Å². The zero-order chi connectivity index (χ0) is 26.5. The van der Waals surface area contributed by atoms with Crippen molar-refractivity contribution in [1.82, 2.24) is 15.4 Å². The van der Waals surface area contributed by atoms with Crippen LogP contribution in [0.3, 0.4) is 0 Å². The third-order valence-corrected chi connectivity index (χ3v) is 6.67. The summed E-state index contributed by atoms with van der Waals surface area (Å²) in [5, 5.41) is 6.85. The SMILES string of the molecule is COc1cc(C(=O)NOCC(C)C)c(F)cc1Nc1ncc(Cl)c(Nc2ccccc2P(C)(C)=O)n1. The summed E-state index contributed by atoms with van der Waals surface area (Å²) < 4.78 is 32.8. The first-order chi connectivity index (χ1) is 17.0. The summed E-state index contributed by atoms with van der Waals surface area (Å²) in [4.78, 5) is 25.9. The molecule has 0 unspecified atom stereocenters. The van der Waals surface area contributed by atoms with Gasteiger partial charge in [-0.15, -0.1) is 0 Å². The predicted octanol–water partition coefficient (Wildman–Crippen LogP) is 5.33. The fourth-order valence-electron chi connectivity index (χ4n) is 3.13. The van der Waals surface area contributed by atoms with E-state index in [4.69, 9.17) is 21.2 Å². The Kier molecular flexibility index (Phi) is 8.89. The lowest BCUT2D eigenvalue weighted by atomic mass is 10.1. The van der Waals surface area contributed by atoms with Gasteiger partial charge in [-0.25, -0.2) is 14.9 Å². The Morgan fingerprint density at radius 3 is 2.56 bits per heavy atom. The molecule has 1 heterocycles. The smallest absolute Gasteiger partial charge is 0.277 e. The highest BCUT2D eigenvalue weighted by molar-refractivity contribution is 7.70. The maximum Gasteiger partial charge on any atom is 0.277 e. The van der Waals surface area contributed by atoms with E-state index in [0.29, 0.717) is 11.0 Å². The van der Waals surface area contributed by atoms with Gasteiger partial charge in [-0.05, 0) is 37.4 Å². The highest BCUT2D eigenvalue weighted by Crippen LogP contribution is 2.39. The van der Waals surface area contributed by atoms with E-state index in [2.05, 4.69) is 26.1 Å². The molecule has 3 N–H and O–H groups in total. The van der Waals surface area contributed by atoms with Gasteiger partial charge in [0, 0.05) is 11.4 Å². The minimum atomic E-state index is -2.58. The van der Waals surface area contributed by atoms with E-state index >= 15 is 0 Å². The molecule has 0 aliphatic rings. The van der Waals surface area contributed by atoms with Crippen molar-refractivity contribution in [2.24, 2.45) is 5.92 Å². The van der Waals surface area contributed by atoms with E-state index in [-0.39, 0.29) is 46.3 Å². The summed E-state index contributed by atoms with van der Waals surface area (Å²) in [5.41, 5.74) is 2.75. The van der Waals surface area contributed by atoms with E-state index in [0.717, 1.165) is 6.07 Å². The average Bonchev–Trinajstić information content (AvgIpc) is 2.80. The monoisotopic (exact) mass is 535 g/mol. The maximum absolute atomic E-state index is 14.8. The van der Waals surface area contributed by atoms with Crippen LogP contribution in [0.25, 0.3) is 0 Å². The quantitative estimate of drug-likeness (QED) is 0.236. The second-order valence-corrected chi connectivity index (χ2v) is 12.3. The summed E-state index contributed by atoms with van der Waals surface area (Å²) in [6.45, 7) is 7.46. The minimum absolute atomic E-state index is 0.0886. The van der Waals surface area contributed by atoms with E-state index in [1.807, 2.05) is 13.8 Å². The van der Waals surface area contributed by atoms with Gasteiger partial charge < -0.3 is 19.9 Å². The van der Waals surface area contributed by atoms with Crippen LogP contribution in [0.5, 0.6) is 5.75 Å². The highest BCUT2D eigenvalue weighted by atomic mass is 35.5. The van der Waals surface area contributed by atoms with Crippen LogP contribution < -0.4 is 26.2 Å². The normalized spacial score (nSPS) is 11.3. The van der Waals surface area contributed by atoms with Gasteiger partial charge in [-0.2, -0.15) is 4.98 Å². The molecule has 0 saturated carbocycles. The number of carbonyl (C=O) groups excluding carboxylic acids is 1. The Bertz CT molecular complexity index is 1300. The number of hydroxylamine groups is 1. The van der Waals surface area contributed by atoms with Gasteiger partial charge >= 0.3 is 0 Å². The second kappa shape index (κ2) is 11.7. The van der Waals surface area contributed by atoms with Gasteiger partial charge in [0.15, 0.2) is 5.82 Å². The number of hydrogen-bond donors (Lipinski definition) is 3. The summed E-state index contributed by atoms with van der Waals surface area (Å²) >= 11 is 6.29. The van der Waals surface area contributed by atoms with Crippen LogP contribution >= 0.6 is 18.7 Å². The van der Waals surface area contributed by atoms with Crippen molar-refractivity contribution in [2.75, 3.05) is 37.7 Å². The van der Waals surface area contributed by atoms with Crippen molar-refractivity contribution in [3.05, 3.63) is 59.0 Å². The van der Waals surface area contributed by atoms with Crippen LogP contribution in [-0.4, -0.2) is 42.9 Å². The Morgan fingerprint density at radius 1 is 1.17 bits per heavy atom. The standard InChI is InChI=1S/C24H28ClFN5O4P/c1-14(2)13-35-31-23(32)15-10-20(34-3)19(11-17(15)26)29-24-27-12-16(25)22(30-24)28-18-8-6-7-9-21(18)36(4,5)33/h6-12,14H,13H2,1-5H3,(H,31,32)(H2,27,28,29,30). The molecule has 192 valence electrons. The number of rotatable bonds is 10. The average molecular weight is 536 g/mol. The molecule has 3 aromatic rings. The van der Waals surface area contributed by atoms with Crippen molar-refractivity contribution < 1.29 is 23.3 Å². The first kappa shape index (κ1) is 27.4. The molecule has 0 aliphatic heterocycles. The molecule has 0 radical (unpaired) electrons. The number of carbonyl (C=O) groups is 1. The maximum atomic E-state index is 14.8. The molecule has 0 fully saturated rings. The van der Waals surface area contributed by atoms with E-state index in [1.165, 1.54) is 19.4 Å². The van der Waals surface area contributed by atoms with Gasteiger partial charge in [0.25, 0.3) is 5.91 Å². The van der Waals surface area contributed by atoms with E-state index in [1.54, 1.807) is 37.6 Å². The number of halogens is 2. The van der Waals surface area contributed by atoms with Crippen molar-refractivity contribution in [1.29, 1.82) is 0 Å². The molecule has 9 nitrogen and oxygen atoms in total. The Labute approximate surface area is 214 Å². The summed E-state index contributed by atoms with van der Waals surface area (Å²) in [6, 6.07) is 9.49. The third-order valence-electron chi connectivity index (χ3n) is 4.84. The fraction of sp³-hybridized carbons (Fsp3) is 0.292. The fourth-order valence-corrected chi connectivity index (χ4v) is 4.43. The van der Waals surface area contributed by atoms with Crippen LogP contribution in [0, 0.1) is 11.7 Å². The number of hydrogen-bond acceptors (Lipinski definition) is 8. The number of para-hydroxylation sites is 1. The van der Waals surface area contributed by atoms with Crippen molar-refractivity contribution in [2.45, 2.75) is 13.8 Å². The molecule has 2 aromatic carbocycles. The number of nitrogens with zero attached hydrogens (tertiary/aromatic N) is 2. The molecule has 1 aromatic heterocycles. The number of benzene rings is 2. The molecule has 0 atom stereocenters. The second-order valence-electron chi connectivity index (χ2n) is 8.68. The topological polar surface area (TPSA) is 114 Å². The number of nitrogens with one attached hydrogen (secondary N) is 3. The lowest BCUT2D eigenvalue weighted by Crippen LogP contribution is -2.26. The van der Waals surface area contributed by atoms with Crippen LogP contribution in [0.1, 0.15) is 24.2 Å². The zero-order valence-electron chi connectivity index (χ0n) is 20.6. The van der Waals surface area contributed by atoms with Gasteiger partial charge in [0.2, 0.25) is 5.95 Å². The van der Waals surface area contributed by atoms with E-state index < -0.39 is 18.9 Å². The number of amides is 1. The van der Waals surface area contributed by atoms with Crippen LogP contribution in [0.2, 0.25) is 5.02 Å². The van der Waals surface area contributed by atoms with Crippen molar-refractivity contribution >= 4 is 53.1 Å². The molecular weight excluding hydrogens is 508 g/mol. The summed E-state index contributed by atoms with van der Waals surface area (Å²) in [6.07, 6.45) is 1.37. The van der Waals surface area contributed by atoms with E-state index in [9.17, 15) is 13.8 Å². The molecular formula is C24H28ClFN5O4P. The first-order valence-corrected chi connectivity index (χ1v) is 14.0. The summed E-state index contributed by atoms with van der Waals surface area (Å²) in [7, 11) is -1.20. The molecule has 1 amide bonds. The molecule has 0 spiro atoms. The lowest BCUT2D eigenvalue weighted by molar-refractivity contribution is 0.0205. The third kappa shape index (κ3) is 6.94. The Hall–Kier alpha value is -3.20. The zero-order valence-corrected chi connectivity index (χ0v) is 22.2. The number of methoxy groups -OCH3 is 1. The lowest BCUT2D eigenvalue weighted by Gasteiger charge is -2.16. The highest BCUT2D eigenvalue weighted by Gasteiger charge is 2.19. The summed E-state index contributed by atoms with van der Waals surface area (Å²) in [5.74, 6) is -0.820. The molecule has 36 heavy (non-hydrogen) atoms. The first-order valence-electron chi connectivity index (χ1n) is 11.0. The number of ether oxygens (including phenoxy) is 1. The van der Waals surface area contributed by atoms with Crippen molar-refractivity contribution in [3.8, 4) is 5.75 Å². The van der Waals surface area contributed by atoms with Crippen LogP contribution in [-0.2, 0) is 9.40 Å². The number of anilines is 4. The van der Waals surface area contributed by atoms with Crippen LogP contribution in [0.15, 0.2) is 42.6 Å². The molecule has 3 rings (SSSR count). The molecule has 0 aliphatic carbocycles. The van der Waals surface area contributed by atoms with Gasteiger partial charge in [0.1, 0.15) is 23.7 Å². The molecule has 0 saturated heterocycles. The largest absolute Gasteiger partial charge is 0.495 e. The van der Waals surface area contributed by atoms with Crippen molar-refractivity contribution in [3.63, 3.8) is 0 Å². The molecule has 12 heteroatoms.